The first-order valence-corrected chi connectivity index (χ1v) is 18.4. The molecule has 4 aromatic rings. The first-order chi connectivity index (χ1) is 23.9. The Morgan fingerprint density at radius 2 is 1.22 bits per heavy atom. The molecule has 4 heterocycles. The van der Waals surface area contributed by atoms with Crippen molar-refractivity contribution in [1.82, 2.24) is 31.2 Å². The lowest BCUT2D eigenvalue weighted by atomic mass is 9.98. The van der Waals surface area contributed by atoms with Gasteiger partial charge in [0.25, 0.3) is 0 Å². The van der Waals surface area contributed by atoms with Crippen LogP contribution in [-0.2, 0) is 22.7 Å². The number of halogens is 1. The van der Waals surface area contributed by atoms with Crippen LogP contribution in [0.4, 0.5) is 0 Å². The van der Waals surface area contributed by atoms with E-state index in [0.29, 0.717) is 50.8 Å². The molecule has 0 aliphatic carbocycles. The number of methoxy groups -OCH3 is 2. The average Bonchev–Trinajstić information content (AvgIpc) is 3.74. The number of carbonyl (C=O) groups is 2. The Bertz CT molecular complexity index is 1840. The van der Waals surface area contributed by atoms with E-state index in [1.54, 1.807) is 26.0 Å². The fourth-order valence-corrected chi connectivity index (χ4v) is 7.86. The molecule has 2 atom stereocenters. The molecule has 256 valence electrons. The quantitative estimate of drug-likeness (QED) is 0.120. The minimum atomic E-state index is 0.114. The van der Waals surface area contributed by atoms with E-state index in [2.05, 4.69) is 79.9 Å². The van der Waals surface area contributed by atoms with Crippen molar-refractivity contribution in [3.05, 3.63) is 76.3 Å². The van der Waals surface area contributed by atoms with Crippen molar-refractivity contribution in [2.75, 3.05) is 33.6 Å². The maximum atomic E-state index is 11.5. The molecule has 2 fully saturated rings. The molecule has 2 saturated heterocycles. The summed E-state index contributed by atoms with van der Waals surface area (Å²) in [5, 5.41) is 12.8. The van der Waals surface area contributed by atoms with Crippen LogP contribution in [0.2, 0.25) is 0 Å². The van der Waals surface area contributed by atoms with E-state index in [9.17, 15) is 9.59 Å². The Morgan fingerprint density at radius 1 is 0.735 bits per heavy atom. The maximum absolute atomic E-state index is 11.5. The molecule has 0 bridgehead atoms. The second-order valence-electron chi connectivity index (χ2n) is 12.2. The van der Waals surface area contributed by atoms with Gasteiger partial charge in [-0.3, -0.25) is 9.59 Å². The number of aromatic nitrogens is 2. The zero-order chi connectivity index (χ0) is 34.3. The van der Waals surface area contributed by atoms with Crippen molar-refractivity contribution in [3.8, 4) is 45.4 Å². The van der Waals surface area contributed by atoms with Gasteiger partial charge in [-0.05, 0) is 58.3 Å². The summed E-state index contributed by atoms with van der Waals surface area (Å²) in [6.07, 6.45) is 4.96. The van der Waals surface area contributed by atoms with Crippen molar-refractivity contribution in [3.63, 3.8) is 0 Å². The average molecular weight is 746 g/mol. The summed E-state index contributed by atoms with van der Waals surface area (Å²) >= 11 is 5.61. The van der Waals surface area contributed by atoms with Crippen LogP contribution in [0.5, 0.6) is 11.8 Å². The number of rotatable bonds is 14. The third kappa shape index (κ3) is 8.09. The number of amides is 2. The van der Waals surface area contributed by atoms with Gasteiger partial charge in [0.1, 0.15) is 0 Å². The van der Waals surface area contributed by atoms with Crippen molar-refractivity contribution in [2.24, 2.45) is 0 Å². The van der Waals surface area contributed by atoms with Gasteiger partial charge in [-0.2, -0.15) is 0 Å². The predicted octanol–water partition coefficient (Wildman–Crippen LogP) is 5.72. The highest BCUT2D eigenvalue weighted by atomic mass is 79.9. The van der Waals surface area contributed by atoms with Gasteiger partial charge in [0.2, 0.25) is 23.6 Å². The summed E-state index contributed by atoms with van der Waals surface area (Å²) in [6.45, 7) is 2.58. The monoisotopic (exact) mass is 744 g/mol. The minimum Gasteiger partial charge on any atom is -0.481 e. The lowest BCUT2D eigenvalue weighted by Crippen LogP contribution is -2.35. The molecule has 10 nitrogen and oxygen atoms in total. The molecule has 0 saturated carbocycles. The van der Waals surface area contributed by atoms with Gasteiger partial charge in [0.15, 0.2) is 0 Å². The minimum absolute atomic E-state index is 0.114. The number of ether oxygens (including phenoxy) is 2. The molecule has 4 N–H and O–H groups in total. The van der Waals surface area contributed by atoms with Gasteiger partial charge >= 0.3 is 0 Å². The van der Waals surface area contributed by atoms with Crippen LogP contribution in [0, 0.1) is 0 Å². The highest BCUT2D eigenvalue weighted by Crippen LogP contribution is 2.43. The van der Waals surface area contributed by atoms with Gasteiger partial charge in [-0.1, -0.05) is 48.5 Å². The van der Waals surface area contributed by atoms with E-state index in [1.165, 1.54) is 0 Å². The second-order valence-corrected chi connectivity index (χ2v) is 13.8. The number of carbonyl (C=O) groups excluding carboxylic acids is 2. The number of nitrogens with zero attached hydrogens (tertiary/aromatic N) is 2. The second kappa shape index (κ2) is 16.2. The molecule has 2 amide bonds. The molecule has 49 heavy (non-hydrogen) atoms. The van der Waals surface area contributed by atoms with E-state index < -0.39 is 0 Å². The van der Waals surface area contributed by atoms with Crippen molar-refractivity contribution in [1.29, 1.82) is 0 Å². The Balaban J connectivity index is 1.23. The van der Waals surface area contributed by atoms with Gasteiger partial charge in [0.05, 0.1) is 25.6 Å². The van der Waals surface area contributed by atoms with Crippen LogP contribution in [0.1, 0.15) is 36.8 Å². The Labute approximate surface area is 299 Å². The Kier molecular flexibility index (Phi) is 11.5. The van der Waals surface area contributed by atoms with E-state index in [-0.39, 0.29) is 23.9 Å². The normalized spacial score (nSPS) is 17.2. The number of pyridine rings is 2. The van der Waals surface area contributed by atoms with Gasteiger partial charge < -0.3 is 30.7 Å². The van der Waals surface area contributed by atoms with E-state index in [1.807, 2.05) is 24.3 Å². The lowest BCUT2D eigenvalue weighted by molar-refractivity contribution is -0.120. The zero-order valence-corrected chi connectivity index (χ0v) is 30.3. The maximum Gasteiger partial charge on any atom is 0.220 e. The van der Waals surface area contributed by atoms with Crippen LogP contribution < -0.4 is 30.7 Å². The summed E-state index contributed by atoms with van der Waals surface area (Å²) in [4.78, 5) is 34.0. The summed E-state index contributed by atoms with van der Waals surface area (Å²) < 4.78 is 12.4. The van der Waals surface area contributed by atoms with E-state index >= 15 is 0 Å². The smallest absolute Gasteiger partial charge is 0.220 e. The fourth-order valence-electron chi connectivity index (χ4n) is 6.39. The predicted molar refractivity (Wildman–Crippen MR) is 197 cm³/mol. The SMILES string of the molecule is COc1nc(-c2cccc(-c3cccc(-c4ccc(CNC[C@@H]5CCC(=O)N5)c(OC)n4)c3SC)c2Br)ccc1CNC[C@@H]1CCC(=O)N1. The summed E-state index contributed by atoms with van der Waals surface area (Å²) in [6, 6.07) is 21.0. The first kappa shape index (κ1) is 34.9. The standard InChI is InChI=1S/C37H41BrN6O4S/c1-47-36-22(18-39-20-24-12-16-32(45)41-24)10-14-30(43-36)28-8-4-6-26(34(28)38)27-7-5-9-29(35(27)49-3)31-15-11-23(37(44-31)48-2)19-40-21-25-13-17-33(46)42-25/h4-11,14-15,24-25,39-40H,12-13,16-21H2,1-3H3,(H,41,45)(H,42,46)/t24-,25-/m0/s1. The van der Waals surface area contributed by atoms with Crippen LogP contribution in [0.25, 0.3) is 33.6 Å². The Morgan fingerprint density at radius 3 is 1.71 bits per heavy atom. The van der Waals surface area contributed by atoms with Crippen LogP contribution in [0.15, 0.2) is 70.0 Å². The molecule has 0 unspecified atom stereocenters. The van der Waals surface area contributed by atoms with Crippen molar-refractivity contribution >= 4 is 39.5 Å². The molecular formula is C37H41BrN6O4S. The number of thioether (sulfide) groups is 1. The van der Waals surface area contributed by atoms with Crippen molar-refractivity contribution in [2.45, 2.75) is 55.8 Å². The van der Waals surface area contributed by atoms with Gasteiger partial charge in [-0.25, -0.2) is 9.97 Å². The molecule has 2 aromatic carbocycles. The number of benzene rings is 2. The van der Waals surface area contributed by atoms with Crippen LogP contribution in [0.3, 0.4) is 0 Å². The highest BCUT2D eigenvalue weighted by molar-refractivity contribution is 9.10. The fraction of sp³-hybridized carbons (Fsp3) is 0.351. The van der Waals surface area contributed by atoms with Gasteiger partial charge in [0, 0.05) is 82.7 Å². The van der Waals surface area contributed by atoms with Crippen molar-refractivity contribution < 1.29 is 19.1 Å². The lowest BCUT2D eigenvalue weighted by Gasteiger charge is -2.18. The molecule has 2 aromatic heterocycles. The van der Waals surface area contributed by atoms with Crippen LogP contribution >= 0.6 is 27.7 Å². The van der Waals surface area contributed by atoms with Crippen LogP contribution in [-0.4, -0.2) is 67.4 Å². The number of nitrogens with one attached hydrogen (secondary N) is 4. The summed E-state index contributed by atoms with van der Waals surface area (Å²) in [5.41, 5.74) is 7.62. The van der Waals surface area contributed by atoms with E-state index in [4.69, 9.17) is 19.4 Å². The zero-order valence-electron chi connectivity index (χ0n) is 27.9. The molecular weight excluding hydrogens is 704 g/mol. The number of hydrogen-bond acceptors (Lipinski definition) is 9. The first-order valence-electron chi connectivity index (χ1n) is 16.4. The molecule has 0 radical (unpaired) electrons. The highest BCUT2D eigenvalue weighted by Gasteiger charge is 2.22. The Hall–Kier alpha value is -3.97. The molecule has 2 aliphatic heterocycles. The summed E-state index contributed by atoms with van der Waals surface area (Å²) in [7, 11) is 3.28. The molecule has 12 heteroatoms. The molecule has 2 aliphatic rings. The van der Waals surface area contributed by atoms with Gasteiger partial charge in [-0.15, -0.1) is 11.8 Å². The number of hydrogen-bond donors (Lipinski definition) is 4. The topological polar surface area (TPSA) is 126 Å². The molecule has 0 spiro atoms. The third-order valence-electron chi connectivity index (χ3n) is 8.91. The third-order valence-corrected chi connectivity index (χ3v) is 10.6. The van der Waals surface area contributed by atoms with E-state index in [0.717, 1.165) is 67.0 Å². The summed E-state index contributed by atoms with van der Waals surface area (Å²) in [5.74, 6) is 1.37. The largest absolute Gasteiger partial charge is 0.481 e. The molecule has 6 rings (SSSR count).